The number of hydrogen-bond acceptors (Lipinski definition) is 4. The number of carbonyl (C=O) groups is 1. The predicted molar refractivity (Wildman–Crippen MR) is 104 cm³/mol. The fourth-order valence-corrected chi connectivity index (χ4v) is 3.04. The minimum absolute atomic E-state index is 0.272. The summed E-state index contributed by atoms with van der Waals surface area (Å²) in [4.78, 5) is 16.2. The molecule has 0 atom stereocenters. The number of carbonyl (C=O) groups excluding carboxylic acids is 1. The summed E-state index contributed by atoms with van der Waals surface area (Å²) in [6.45, 7) is 4.45. The van der Waals surface area contributed by atoms with Crippen molar-refractivity contribution in [1.82, 2.24) is 24.5 Å². The van der Waals surface area contributed by atoms with E-state index in [4.69, 9.17) is 0 Å². The van der Waals surface area contributed by atoms with Crippen molar-refractivity contribution in [3.05, 3.63) is 63.7 Å². The average molecular weight is 415 g/mol. The van der Waals surface area contributed by atoms with Crippen molar-refractivity contribution in [2.45, 2.75) is 20.4 Å². The Balaban J connectivity index is 1.63. The van der Waals surface area contributed by atoms with Crippen LogP contribution in [0.1, 0.15) is 22.5 Å². The maximum Gasteiger partial charge on any atom is 0.250 e. The molecule has 0 aliphatic rings. The van der Waals surface area contributed by atoms with Crippen molar-refractivity contribution in [3.8, 4) is 0 Å². The third-order valence-corrected chi connectivity index (χ3v) is 4.46. The maximum absolute atomic E-state index is 12.1. The summed E-state index contributed by atoms with van der Waals surface area (Å²) in [5.74, 6) is -0.0119. The Bertz CT molecular complexity index is 972. The number of aryl methyl sites for hydroxylation is 2. The molecule has 7 nitrogen and oxygen atoms in total. The molecule has 8 heteroatoms. The number of benzene rings is 1. The first-order valence-electron chi connectivity index (χ1n) is 8.05. The van der Waals surface area contributed by atoms with Crippen molar-refractivity contribution in [2.24, 2.45) is 7.05 Å². The van der Waals surface area contributed by atoms with E-state index in [-0.39, 0.29) is 11.9 Å². The van der Waals surface area contributed by atoms with Crippen LogP contribution in [-0.2, 0) is 18.4 Å². The Morgan fingerprint density at radius 1 is 1.31 bits per heavy atom. The number of aromatic nitrogens is 5. The van der Waals surface area contributed by atoms with Gasteiger partial charge in [-0.3, -0.25) is 14.8 Å². The van der Waals surface area contributed by atoms with Gasteiger partial charge in [-0.2, -0.15) is 5.10 Å². The second-order valence-corrected chi connectivity index (χ2v) is 6.84. The molecule has 2 heterocycles. The van der Waals surface area contributed by atoms with Gasteiger partial charge in [-0.05, 0) is 37.6 Å². The Hall–Kier alpha value is -2.74. The maximum atomic E-state index is 12.1. The van der Waals surface area contributed by atoms with Crippen LogP contribution in [0.4, 0.5) is 5.95 Å². The summed E-state index contributed by atoms with van der Waals surface area (Å²) in [5, 5.41) is 11.3. The lowest BCUT2D eigenvalue weighted by atomic mass is 10.2. The van der Waals surface area contributed by atoms with E-state index in [1.807, 2.05) is 45.2 Å². The van der Waals surface area contributed by atoms with Gasteiger partial charge >= 0.3 is 0 Å². The molecule has 0 unspecified atom stereocenters. The van der Waals surface area contributed by atoms with Gasteiger partial charge in [0, 0.05) is 28.9 Å². The first kappa shape index (κ1) is 18.1. The fourth-order valence-electron chi connectivity index (χ4n) is 2.59. The van der Waals surface area contributed by atoms with Gasteiger partial charge in [0.25, 0.3) is 5.91 Å². The van der Waals surface area contributed by atoms with Crippen LogP contribution in [0, 0.1) is 13.8 Å². The summed E-state index contributed by atoms with van der Waals surface area (Å²) in [6.07, 6.45) is 4.81. The zero-order chi connectivity index (χ0) is 18.7. The Kier molecular flexibility index (Phi) is 5.32. The van der Waals surface area contributed by atoms with Gasteiger partial charge in [-0.1, -0.05) is 28.1 Å². The summed E-state index contributed by atoms with van der Waals surface area (Å²) in [6, 6.07) is 7.95. The Morgan fingerprint density at radius 2 is 2.12 bits per heavy atom. The van der Waals surface area contributed by atoms with Crippen LogP contribution in [0.5, 0.6) is 0 Å². The third kappa shape index (κ3) is 4.26. The van der Waals surface area contributed by atoms with Crippen molar-refractivity contribution in [2.75, 3.05) is 5.32 Å². The number of hydrogen-bond donors (Lipinski definition) is 1. The molecule has 1 amide bonds. The van der Waals surface area contributed by atoms with Crippen molar-refractivity contribution >= 4 is 33.9 Å². The molecule has 0 bridgehead atoms. The highest BCUT2D eigenvalue weighted by atomic mass is 79.9. The van der Waals surface area contributed by atoms with Crippen molar-refractivity contribution in [3.63, 3.8) is 0 Å². The number of nitrogens with zero attached hydrogens (tertiary/aromatic N) is 5. The van der Waals surface area contributed by atoms with E-state index < -0.39 is 0 Å². The molecule has 0 saturated heterocycles. The highest BCUT2D eigenvalue weighted by molar-refractivity contribution is 9.10. The van der Waals surface area contributed by atoms with E-state index in [2.05, 4.69) is 36.4 Å². The van der Waals surface area contributed by atoms with E-state index >= 15 is 0 Å². The molecule has 3 aromatic rings. The highest BCUT2D eigenvalue weighted by Gasteiger charge is 2.08. The van der Waals surface area contributed by atoms with Gasteiger partial charge in [0.1, 0.15) is 6.33 Å². The van der Waals surface area contributed by atoms with Crippen molar-refractivity contribution < 1.29 is 4.79 Å². The van der Waals surface area contributed by atoms with E-state index in [9.17, 15) is 4.79 Å². The van der Waals surface area contributed by atoms with Crippen LogP contribution in [0.2, 0.25) is 0 Å². The summed E-state index contributed by atoms with van der Waals surface area (Å²) in [5.41, 5.74) is 3.91. The van der Waals surface area contributed by atoms with Gasteiger partial charge in [-0.25, -0.2) is 9.67 Å². The molecular formula is C18H19BrN6O. The molecule has 0 aliphatic carbocycles. The molecule has 26 heavy (non-hydrogen) atoms. The lowest BCUT2D eigenvalue weighted by Gasteiger charge is -2.01. The number of anilines is 1. The average Bonchev–Trinajstić information content (AvgIpc) is 3.10. The first-order chi connectivity index (χ1) is 12.4. The molecule has 1 aromatic carbocycles. The molecule has 134 valence electrons. The van der Waals surface area contributed by atoms with E-state index in [1.54, 1.807) is 21.8 Å². The summed E-state index contributed by atoms with van der Waals surface area (Å²) in [7, 11) is 1.88. The normalized spacial score (nSPS) is 11.2. The summed E-state index contributed by atoms with van der Waals surface area (Å²) < 4.78 is 4.48. The molecule has 0 aliphatic heterocycles. The van der Waals surface area contributed by atoms with Crippen LogP contribution in [-0.4, -0.2) is 30.5 Å². The Labute approximate surface area is 159 Å². The predicted octanol–water partition coefficient (Wildman–Crippen LogP) is 3.09. The van der Waals surface area contributed by atoms with E-state index in [0.717, 1.165) is 27.0 Å². The van der Waals surface area contributed by atoms with Gasteiger partial charge in [-0.15, -0.1) is 5.10 Å². The molecule has 0 radical (unpaired) electrons. The second-order valence-electron chi connectivity index (χ2n) is 5.93. The van der Waals surface area contributed by atoms with Crippen LogP contribution in [0.25, 0.3) is 6.08 Å². The summed E-state index contributed by atoms with van der Waals surface area (Å²) >= 11 is 3.45. The quantitative estimate of drug-likeness (QED) is 0.650. The van der Waals surface area contributed by atoms with E-state index in [0.29, 0.717) is 6.54 Å². The van der Waals surface area contributed by atoms with Gasteiger partial charge in [0.2, 0.25) is 5.95 Å². The van der Waals surface area contributed by atoms with Crippen LogP contribution in [0.3, 0.4) is 0 Å². The van der Waals surface area contributed by atoms with Crippen LogP contribution in [0.15, 0.2) is 41.1 Å². The minimum atomic E-state index is -0.284. The number of halogens is 1. The van der Waals surface area contributed by atoms with E-state index in [1.165, 1.54) is 6.08 Å². The lowest BCUT2D eigenvalue weighted by molar-refractivity contribution is -0.111. The number of nitrogens with one attached hydrogen (secondary N) is 1. The van der Waals surface area contributed by atoms with Crippen LogP contribution >= 0.6 is 15.9 Å². The lowest BCUT2D eigenvalue weighted by Crippen LogP contribution is -2.10. The first-order valence-corrected chi connectivity index (χ1v) is 8.85. The zero-order valence-corrected chi connectivity index (χ0v) is 16.4. The smallest absolute Gasteiger partial charge is 0.250 e. The molecule has 3 rings (SSSR count). The van der Waals surface area contributed by atoms with Gasteiger partial charge in [0.15, 0.2) is 0 Å². The number of rotatable bonds is 5. The topological polar surface area (TPSA) is 77.6 Å². The highest BCUT2D eigenvalue weighted by Crippen LogP contribution is 2.14. The second kappa shape index (κ2) is 7.65. The third-order valence-electron chi connectivity index (χ3n) is 3.97. The molecule has 2 aromatic heterocycles. The standard InChI is InChI=1S/C18H19BrN6O/c1-12-16(13(2)24(3)22-12)7-8-17(26)21-18-20-11-25(23-18)10-14-5-4-6-15(19)9-14/h4-9,11H,10H2,1-3H3,(H,21,23,26)/b8-7+. The molecule has 0 spiro atoms. The van der Waals surface area contributed by atoms with Crippen molar-refractivity contribution in [1.29, 1.82) is 0 Å². The molecule has 0 saturated carbocycles. The van der Waals surface area contributed by atoms with Gasteiger partial charge < -0.3 is 0 Å². The Morgan fingerprint density at radius 3 is 2.81 bits per heavy atom. The zero-order valence-electron chi connectivity index (χ0n) is 14.8. The molecule has 1 N–H and O–H groups in total. The SMILES string of the molecule is Cc1nn(C)c(C)c1/C=C/C(=O)Nc1ncn(Cc2cccc(Br)c2)n1. The largest absolute Gasteiger partial charge is 0.290 e. The monoisotopic (exact) mass is 414 g/mol. The van der Waals surface area contributed by atoms with Gasteiger partial charge in [0.05, 0.1) is 12.2 Å². The molecule has 0 fully saturated rings. The van der Waals surface area contributed by atoms with Crippen LogP contribution < -0.4 is 5.32 Å². The minimum Gasteiger partial charge on any atom is -0.290 e. The number of amides is 1. The fraction of sp³-hybridized carbons (Fsp3) is 0.222. The molecular weight excluding hydrogens is 396 g/mol.